The lowest BCUT2D eigenvalue weighted by molar-refractivity contribution is -0.140. The van der Waals surface area contributed by atoms with Gasteiger partial charge in [0, 0.05) is 26.1 Å². The molecular formula is C13H21NO4. The van der Waals surface area contributed by atoms with E-state index in [1.54, 1.807) is 12.0 Å². The quantitative estimate of drug-likeness (QED) is 0.776. The molecule has 1 aliphatic heterocycles. The number of rotatable bonds is 6. The molecule has 2 unspecified atom stereocenters. The molecule has 0 aromatic carbocycles. The molecule has 5 heteroatoms. The van der Waals surface area contributed by atoms with Crippen LogP contribution in [0, 0.1) is 5.92 Å². The van der Waals surface area contributed by atoms with Crippen LogP contribution in [0.2, 0.25) is 0 Å². The molecule has 0 spiro atoms. The summed E-state index contributed by atoms with van der Waals surface area (Å²) in [6, 6.07) is -0.195. The Morgan fingerprint density at radius 2 is 2.11 bits per heavy atom. The molecule has 1 saturated heterocycles. The van der Waals surface area contributed by atoms with Crippen molar-refractivity contribution in [2.24, 2.45) is 5.92 Å². The zero-order chi connectivity index (χ0) is 13.1. The lowest BCUT2D eigenvalue weighted by Gasteiger charge is -2.23. The van der Waals surface area contributed by atoms with Gasteiger partial charge in [-0.1, -0.05) is 12.8 Å². The van der Waals surface area contributed by atoms with Gasteiger partial charge in [-0.3, -0.25) is 9.59 Å². The number of amides is 1. The van der Waals surface area contributed by atoms with Crippen LogP contribution >= 0.6 is 0 Å². The Morgan fingerprint density at radius 1 is 1.39 bits per heavy atom. The first-order valence-corrected chi connectivity index (χ1v) is 6.64. The van der Waals surface area contributed by atoms with Crippen LogP contribution < -0.4 is 0 Å². The summed E-state index contributed by atoms with van der Waals surface area (Å²) in [5.74, 6) is -0.0304. The highest BCUT2D eigenvalue weighted by Crippen LogP contribution is 2.34. The third-order valence-corrected chi connectivity index (χ3v) is 3.90. The largest absolute Gasteiger partial charge is 0.481 e. The van der Waals surface area contributed by atoms with Crippen molar-refractivity contribution in [2.75, 3.05) is 13.7 Å². The number of methoxy groups -OCH3 is 1. The lowest BCUT2D eigenvalue weighted by atomic mass is 10.1. The molecule has 0 radical (unpaired) electrons. The second kappa shape index (κ2) is 5.69. The van der Waals surface area contributed by atoms with E-state index in [0.717, 1.165) is 12.3 Å². The predicted molar refractivity (Wildman–Crippen MR) is 65.1 cm³/mol. The van der Waals surface area contributed by atoms with Gasteiger partial charge in [0.1, 0.15) is 0 Å². The van der Waals surface area contributed by atoms with E-state index in [1.165, 1.54) is 12.8 Å². The third kappa shape index (κ3) is 3.45. The summed E-state index contributed by atoms with van der Waals surface area (Å²) < 4.78 is 5.25. The average Bonchev–Trinajstić information content (AvgIpc) is 3.06. The summed E-state index contributed by atoms with van der Waals surface area (Å²) in [5, 5.41) is 8.88. The molecule has 0 aromatic heterocycles. The molecule has 2 fully saturated rings. The summed E-state index contributed by atoms with van der Waals surface area (Å²) in [6.45, 7) is 0.540. The molecule has 2 aliphatic rings. The van der Waals surface area contributed by atoms with Crippen LogP contribution in [0.15, 0.2) is 0 Å². The molecule has 18 heavy (non-hydrogen) atoms. The maximum absolute atomic E-state index is 12.1. The fourth-order valence-electron chi connectivity index (χ4n) is 2.62. The van der Waals surface area contributed by atoms with Crippen molar-refractivity contribution in [3.8, 4) is 0 Å². The summed E-state index contributed by atoms with van der Waals surface area (Å²) >= 11 is 0. The van der Waals surface area contributed by atoms with E-state index in [2.05, 4.69) is 0 Å². The highest BCUT2D eigenvalue weighted by atomic mass is 16.5. The van der Waals surface area contributed by atoms with Gasteiger partial charge in [0.25, 0.3) is 0 Å². The molecule has 1 amide bonds. The fraction of sp³-hybridized carbons (Fsp3) is 0.846. The number of nitrogens with zero attached hydrogens (tertiary/aromatic N) is 1. The van der Waals surface area contributed by atoms with E-state index >= 15 is 0 Å². The van der Waals surface area contributed by atoms with Gasteiger partial charge < -0.3 is 14.7 Å². The van der Waals surface area contributed by atoms with Crippen molar-refractivity contribution in [3.63, 3.8) is 0 Å². The molecule has 2 rings (SSSR count). The first-order valence-electron chi connectivity index (χ1n) is 6.64. The molecule has 1 heterocycles. The molecule has 5 nitrogen and oxygen atoms in total. The Balaban J connectivity index is 1.88. The van der Waals surface area contributed by atoms with Crippen molar-refractivity contribution in [1.29, 1.82) is 0 Å². The Morgan fingerprint density at radius 3 is 2.67 bits per heavy atom. The molecule has 2 atom stereocenters. The SMILES string of the molecule is COC1CC(CC(=O)O)N(C(=O)CCC2CC2)C1. The minimum Gasteiger partial charge on any atom is -0.481 e. The van der Waals surface area contributed by atoms with Crippen LogP contribution in [0.3, 0.4) is 0 Å². The van der Waals surface area contributed by atoms with Crippen LogP contribution in [0.5, 0.6) is 0 Å². The van der Waals surface area contributed by atoms with Gasteiger partial charge in [-0.25, -0.2) is 0 Å². The van der Waals surface area contributed by atoms with Crippen LogP contribution in [0.1, 0.15) is 38.5 Å². The van der Waals surface area contributed by atoms with Crippen molar-refractivity contribution in [2.45, 2.75) is 50.7 Å². The van der Waals surface area contributed by atoms with E-state index in [1.807, 2.05) is 0 Å². The van der Waals surface area contributed by atoms with Crippen LogP contribution in [0.25, 0.3) is 0 Å². The van der Waals surface area contributed by atoms with Crippen molar-refractivity contribution in [3.05, 3.63) is 0 Å². The van der Waals surface area contributed by atoms with Gasteiger partial charge in [0.2, 0.25) is 5.91 Å². The molecular weight excluding hydrogens is 234 g/mol. The highest BCUT2D eigenvalue weighted by molar-refractivity contribution is 5.78. The summed E-state index contributed by atoms with van der Waals surface area (Å²) in [4.78, 5) is 24.6. The van der Waals surface area contributed by atoms with Gasteiger partial charge in [0.05, 0.1) is 12.5 Å². The van der Waals surface area contributed by atoms with Crippen molar-refractivity contribution < 1.29 is 19.4 Å². The number of carboxylic acid groups (broad SMARTS) is 1. The van der Waals surface area contributed by atoms with E-state index in [9.17, 15) is 9.59 Å². The van der Waals surface area contributed by atoms with Gasteiger partial charge in [-0.05, 0) is 18.8 Å². The number of likely N-dealkylation sites (tertiary alicyclic amines) is 1. The number of carbonyl (C=O) groups excluding carboxylic acids is 1. The van der Waals surface area contributed by atoms with E-state index < -0.39 is 5.97 Å². The van der Waals surface area contributed by atoms with Crippen LogP contribution in [-0.4, -0.2) is 47.7 Å². The monoisotopic (exact) mass is 255 g/mol. The molecule has 102 valence electrons. The third-order valence-electron chi connectivity index (χ3n) is 3.90. The minimum absolute atomic E-state index is 0.0146. The average molecular weight is 255 g/mol. The number of aliphatic carboxylic acids is 1. The standard InChI is InChI=1S/C13H21NO4/c1-18-11-6-10(7-13(16)17)14(8-11)12(15)5-4-9-2-3-9/h9-11H,2-8H2,1H3,(H,16,17). The van der Waals surface area contributed by atoms with Gasteiger partial charge in [0.15, 0.2) is 0 Å². The Kier molecular flexibility index (Phi) is 4.22. The number of carboxylic acids is 1. The smallest absolute Gasteiger partial charge is 0.305 e. The number of ether oxygens (including phenoxy) is 1. The lowest BCUT2D eigenvalue weighted by Crippen LogP contribution is -2.37. The molecule has 1 N–H and O–H groups in total. The predicted octanol–water partition coefficient (Wildman–Crippen LogP) is 1.27. The maximum Gasteiger partial charge on any atom is 0.305 e. The van der Waals surface area contributed by atoms with Crippen molar-refractivity contribution in [1.82, 2.24) is 4.90 Å². The summed E-state index contributed by atoms with van der Waals surface area (Å²) in [5.41, 5.74) is 0. The van der Waals surface area contributed by atoms with Crippen LogP contribution in [-0.2, 0) is 14.3 Å². The van der Waals surface area contributed by atoms with Gasteiger partial charge in [-0.2, -0.15) is 0 Å². The molecule has 1 saturated carbocycles. The number of hydrogen-bond acceptors (Lipinski definition) is 3. The van der Waals surface area contributed by atoms with Crippen molar-refractivity contribution >= 4 is 11.9 Å². The molecule has 0 aromatic rings. The van der Waals surface area contributed by atoms with Crippen LogP contribution in [0.4, 0.5) is 0 Å². The minimum atomic E-state index is -0.850. The second-order valence-electron chi connectivity index (χ2n) is 5.37. The van der Waals surface area contributed by atoms with E-state index in [4.69, 9.17) is 9.84 Å². The van der Waals surface area contributed by atoms with E-state index in [0.29, 0.717) is 19.4 Å². The zero-order valence-corrected chi connectivity index (χ0v) is 10.8. The maximum atomic E-state index is 12.1. The fourth-order valence-corrected chi connectivity index (χ4v) is 2.62. The zero-order valence-electron chi connectivity index (χ0n) is 10.8. The summed E-state index contributed by atoms with van der Waals surface area (Å²) in [7, 11) is 1.61. The Hall–Kier alpha value is -1.10. The molecule has 0 bridgehead atoms. The first-order chi connectivity index (χ1) is 8.60. The normalized spacial score (nSPS) is 27.5. The number of hydrogen-bond donors (Lipinski definition) is 1. The molecule has 1 aliphatic carbocycles. The van der Waals surface area contributed by atoms with E-state index in [-0.39, 0.29) is 24.5 Å². The first kappa shape index (κ1) is 13.3. The van der Waals surface area contributed by atoms with Gasteiger partial charge >= 0.3 is 5.97 Å². The highest BCUT2D eigenvalue weighted by Gasteiger charge is 2.36. The Labute approximate surface area is 107 Å². The van der Waals surface area contributed by atoms with Gasteiger partial charge in [-0.15, -0.1) is 0 Å². The summed E-state index contributed by atoms with van der Waals surface area (Å²) in [6.07, 6.45) is 4.63. The Bertz CT molecular complexity index is 327. The second-order valence-corrected chi connectivity index (χ2v) is 5.37. The topological polar surface area (TPSA) is 66.8 Å². The number of carbonyl (C=O) groups is 2.